The second-order valence-electron chi connectivity index (χ2n) is 8.09. The zero-order chi connectivity index (χ0) is 26.5. The lowest BCUT2D eigenvalue weighted by Crippen LogP contribution is -2.01. The molecular formula is C27H19FN6O4. The molecule has 5 aromatic rings. The number of esters is 1. The highest BCUT2D eigenvalue weighted by Gasteiger charge is 2.13. The second kappa shape index (κ2) is 10.7. The van der Waals surface area contributed by atoms with E-state index < -0.39 is 10.9 Å². The average molecular weight is 510 g/mol. The fraction of sp³-hybridized carbons (Fsp3) is 0.0370. The minimum atomic E-state index is -0.618. The molecule has 0 amide bonds. The molecule has 0 N–H and O–H groups in total. The van der Waals surface area contributed by atoms with Crippen LogP contribution < -0.4 is 0 Å². The van der Waals surface area contributed by atoms with Crippen LogP contribution in [0, 0.1) is 15.9 Å². The zero-order valence-corrected chi connectivity index (χ0v) is 19.7. The quantitative estimate of drug-likeness (QED) is 0.126. The van der Waals surface area contributed by atoms with Gasteiger partial charge in [-0.05, 0) is 48.5 Å². The molecule has 0 spiro atoms. The van der Waals surface area contributed by atoms with E-state index in [1.54, 1.807) is 41.2 Å². The summed E-state index contributed by atoms with van der Waals surface area (Å²) in [4.78, 5) is 22.9. The van der Waals surface area contributed by atoms with Gasteiger partial charge in [-0.1, -0.05) is 29.5 Å². The highest BCUT2D eigenvalue weighted by Crippen LogP contribution is 2.25. The van der Waals surface area contributed by atoms with E-state index in [1.165, 1.54) is 41.2 Å². The third-order valence-corrected chi connectivity index (χ3v) is 5.49. The minimum Gasteiger partial charge on any atom is -0.456 e. The van der Waals surface area contributed by atoms with Gasteiger partial charge in [0, 0.05) is 35.5 Å². The molecule has 188 valence electrons. The third-order valence-electron chi connectivity index (χ3n) is 5.49. The standard InChI is InChI=1S/C27H19FN6O4/c28-21-12-9-19(10-13-21)27-20(16-32(30-27)23-5-2-1-3-6-23)11-14-26(35)38-18-22-17-33(31-29-22)24-7-4-8-25(15-24)34(36)37/h1-17H,18H2/b14-11+. The van der Waals surface area contributed by atoms with E-state index in [9.17, 15) is 19.3 Å². The summed E-state index contributed by atoms with van der Waals surface area (Å²) in [5, 5.41) is 23.5. The number of halogens is 1. The molecule has 0 aliphatic heterocycles. The third kappa shape index (κ3) is 5.51. The van der Waals surface area contributed by atoms with Crippen molar-refractivity contribution in [1.29, 1.82) is 0 Å². The maximum absolute atomic E-state index is 13.5. The summed E-state index contributed by atoms with van der Waals surface area (Å²) in [6.45, 7) is -0.147. The number of nitro groups is 1. The normalized spacial score (nSPS) is 11.1. The minimum absolute atomic E-state index is 0.0771. The van der Waals surface area contributed by atoms with Crippen molar-refractivity contribution in [3.63, 3.8) is 0 Å². The van der Waals surface area contributed by atoms with Gasteiger partial charge in [0.2, 0.25) is 0 Å². The van der Waals surface area contributed by atoms with Crippen LogP contribution in [0.5, 0.6) is 0 Å². The largest absolute Gasteiger partial charge is 0.456 e. The van der Waals surface area contributed by atoms with Crippen LogP contribution in [0.25, 0.3) is 28.7 Å². The van der Waals surface area contributed by atoms with Gasteiger partial charge in [0.05, 0.1) is 28.2 Å². The topological polar surface area (TPSA) is 118 Å². The van der Waals surface area contributed by atoms with E-state index in [0.717, 1.165) is 5.69 Å². The van der Waals surface area contributed by atoms with Crippen LogP contribution in [0.15, 0.2) is 97.3 Å². The van der Waals surface area contributed by atoms with Crippen molar-refractivity contribution in [2.75, 3.05) is 0 Å². The average Bonchev–Trinajstić information content (AvgIpc) is 3.59. The summed E-state index contributed by atoms with van der Waals surface area (Å²) in [6, 6.07) is 21.3. The number of hydrogen-bond donors (Lipinski definition) is 0. The van der Waals surface area contributed by atoms with Gasteiger partial charge >= 0.3 is 5.97 Å². The van der Waals surface area contributed by atoms with E-state index in [4.69, 9.17) is 4.74 Å². The van der Waals surface area contributed by atoms with Crippen molar-refractivity contribution in [3.8, 4) is 22.6 Å². The van der Waals surface area contributed by atoms with Crippen LogP contribution in [0.4, 0.5) is 10.1 Å². The molecule has 0 atom stereocenters. The first kappa shape index (κ1) is 24.3. The van der Waals surface area contributed by atoms with Crippen molar-refractivity contribution in [1.82, 2.24) is 24.8 Å². The Labute approximate surface area is 215 Å². The SMILES string of the molecule is O=C(/C=C/c1cn(-c2ccccc2)nc1-c1ccc(F)cc1)OCc1cn(-c2cccc([N+](=O)[O-])c2)nn1. The van der Waals surface area contributed by atoms with Gasteiger partial charge in [0.15, 0.2) is 0 Å². The fourth-order valence-electron chi connectivity index (χ4n) is 3.65. The van der Waals surface area contributed by atoms with Crippen molar-refractivity contribution in [2.24, 2.45) is 0 Å². The Balaban J connectivity index is 1.30. The maximum atomic E-state index is 13.5. The molecule has 0 radical (unpaired) electrons. The Kier molecular flexibility index (Phi) is 6.81. The van der Waals surface area contributed by atoms with Gasteiger partial charge in [-0.15, -0.1) is 5.10 Å². The van der Waals surface area contributed by atoms with Gasteiger partial charge in [0.1, 0.15) is 18.1 Å². The van der Waals surface area contributed by atoms with Gasteiger partial charge in [-0.25, -0.2) is 18.5 Å². The lowest BCUT2D eigenvalue weighted by molar-refractivity contribution is -0.384. The molecule has 0 saturated heterocycles. The first-order chi connectivity index (χ1) is 18.5. The molecule has 11 heteroatoms. The summed E-state index contributed by atoms with van der Waals surface area (Å²) in [5.74, 6) is -0.980. The lowest BCUT2D eigenvalue weighted by atomic mass is 10.1. The fourth-order valence-corrected chi connectivity index (χ4v) is 3.65. The molecule has 0 saturated carbocycles. The van der Waals surface area contributed by atoms with Gasteiger partial charge in [-0.2, -0.15) is 5.10 Å². The zero-order valence-electron chi connectivity index (χ0n) is 19.7. The van der Waals surface area contributed by atoms with Crippen LogP contribution in [0.3, 0.4) is 0 Å². The predicted octanol–water partition coefficient (Wildman–Crippen LogP) is 4.92. The smallest absolute Gasteiger partial charge is 0.331 e. The molecular weight excluding hydrogens is 491 g/mol. The Morgan fingerprint density at radius 3 is 2.50 bits per heavy atom. The molecule has 0 fully saturated rings. The highest BCUT2D eigenvalue weighted by atomic mass is 19.1. The number of carbonyl (C=O) groups excluding carboxylic acids is 1. The molecule has 38 heavy (non-hydrogen) atoms. The van der Waals surface area contributed by atoms with Gasteiger partial charge in [-0.3, -0.25) is 10.1 Å². The molecule has 0 aliphatic carbocycles. The van der Waals surface area contributed by atoms with Crippen LogP contribution in [-0.2, 0) is 16.1 Å². The molecule has 0 unspecified atom stereocenters. The van der Waals surface area contributed by atoms with Crippen molar-refractivity contribution in [2.45, 2.75) is 6.61 Å². The number of rotatable bonds is 8. The first-order valence-corrected chi connectivity index (χ1v) is 11.4. The van der Waals surface area contributed by atoms with Crippen LogP contribution >= 0.6 is 0 Å². The van der Waals surface area contributed by atoms with Gasteiger partial charge < -0.3 is 4.74 Å². The van der Waals surface area contributed by atoms with E-state index in [2.05, 4.69) is 15.4 Å². The molecule has 3 aromatic carbocycles. The number of aromatic nitrogens is 5. The number of nitro benzene ring substituents is 1. The molecule has 2 heterocycles. The van der Waals surface area contributed by atoms with Crippen LogP contribution in [0.2, 0.25) is 0 Å². The Morgan fingerprint density at radius 2 is 1.74 bits per heavy atom. The first-order valence-electron chi connectivity index (χ1n) is 11.4. The van der Waals surface area contributed by atoms with E-state index in [0.29, 0.717) is 28.2 Å². The molecule has 0 aliphatic rings. The number of hydrogen-bond acceptors (Lipinski definition) is 7. The van der Waals surface area contributed by atoms with Crippen LogP contribution in [-0.4, -0.2) is 35.7 Å². The monoisotopic (exact) mass is 510 g/mol. The Hall–Kier alpha value is -5.45. The second-order valence-corrected chi connectivity index (χ2v) is 8.09. The van der Waals surface area contributed by atoms with Crippen molar-refractivity contribution in [3.05, 3.63) is 125 Å². The molecule has 2 aromatic heterocycles. The molecule has 5 rings (SSSR count). The number of ether oxygens (including phenoxy) is 1. The van der Waals surface area contributed by atoms with E-state index in [1.807, 2.05) is 30.3 Å². The van der Waals surface area contributed by atoms with E-state index >= 15 is 0 Å². The number of para-hydroxylation sites is 1. The van der Waals surface area contributed by atoms with Crippen molar-refractivity contribution < 1.29 is 18.8 Å². The number of carbonyl (C=O) groups is 1. The lowest BCUT2D eigenvalue weighted by Gasteiger charge is -2.01. The highest BCUT2D eigenvalue weighted by molar-refractivity contribution is 5.88. The number of non-ortho nitro benzene ring substituents is 1. The van der Waals surface area contributed by atoms with E-state index in [-0.39, 0.29) is 18.1 Å². The Morgan fingerprint density at radius 1 is 0.974 bits per heavy atom. The van der Waals surface area contributed by atoms with Gasteiger partial charge in [0.25, 0.3) is 5.69 Å². The Bertz CT molecular complexity index is 1630. The van der Waals surface area contributed by atoms with Crippen molar-refractivity contribution >= 4 is 17.7 Å². The predicted molar refractivity (Wildman–Crippen MR) is 136 cm³/mol. The number of nitrogens with zero attached hydrogens (tertiary/aromatic N) is 6. The summed E-state index contributed by atoms with van der Waals surface area (Å²) in [5.41, 5.74) is 3.45. The van der Waals surface area contributed by atoms with Crippen LogP contribution in [0.1, 0.15) is 11.3 Å². The molecule has 10 nitrogen and oxygen atoms in total. The molecule has 0 bridgehead atoms. The maximum Gasteiger partial charge on any atom is 0.331 e. The summed E-state index contributed by atoms with van der Waals surface area (Å²) >= 11 is 0. The summed E-state index contributed by atoms with van der Waals surface area (Å²) in [7, 11) is 0. The summed E-state index contributed by atoms with van der Waals surface area (Å²) < 4.78 is 21.8. The summed E-state index contributed by atoms with van der Waals surface area (Å²) in [6.07, 6.45) is 6.13. The number of benzene rings is 3.